The molecule has 1 aromatic carbocycles. The lowest BCUT2D eigenvalue weighted by Crippen LogP contribution is -2.34. The quantitative estimate of drug-likeness (QED) is 0.603. The van der Waals surface area contributed by atoms with Crippen molar-refractivity contribution in [3.8, 4) is 17.1 Å². The van der Waals surface area contributed by atoms with Crippen LogP contribution in [0.2, 0.25) is 0 Å². The lowest BCUT2D eigenvalue weighted by atomic mass is 10.3. The van der Waals surface area contributed by atoms with Gasteiger partial charge in [-0.15, -0.1) is 0 Å². The highest BCUT2D eigenvalue weighted by Crippen LogP contribution is 2.18. The van der Waals surface area contributed by atoms with Crippen LogP contribution < -0.4 is 10.1 Å². The first-order valence-corrected chi connectivity index (χ1v) is 8.60. The van der Waals surface area contributed by atoms with Crippen molar-refractivity contribution >= 4 is 23.2 Å². The summed E-state index contributed by atoms with van der Waals surface area (Å²) in [6.45, 7) is -0.625. The summed E-state index contributed by atoms with van der Waals surface area (Å²) in [5.74, 6) is 0.140. The molecule has 0 spiro atoms. The van der Waals surface area contributed by atoms with Gasteiger partial charge in [0.2, 0.25) is 5.82 Å². The van der Waals surface area contributed by atoms with Crippen LogP contribution in [0.15, 0.2) is 51.7 Å². The summed E-state index contributed by atoms with van der Waals surface area (Å²) in [6.07, 6.45) is 0. The van der Waals surface area contributed by atoms with Gasteiger partial charge in [0.25, 0.3) is 11.8 Å². The minimum Gasteiger partial charge on any atom is -0.484 e. The molecule has 0 unspecified atom stereocenters. The Bertz CT molecular complexity index is 848. The molecule has 26 heavy (non-hydrogen) atoms. The van der Waals surface area contributed by atoms with E-state index in [4.69, 9.17) is 14.0 Å². The van der Waals surface area contributed by atoms with Gasteiger partial charge in [-0.25, -0.2) is 0 Å². The van der Waals surface area contributed by atoms with Gasteiger partial charge in [0.1, 0.15) is 12.3 Å². The van der Waals surface area contributed by atoms with Crippen molar-refractivity contribution in [2.45, 2.75) is 6.61 Å². The van der Waals surface area contributed by atoms with Crippen molar-refractivity contribution in [2.24, 2.45) is 0 Å². The molecule has 3 aromatic rings. The third kappa shape index (κ3) is 5.15. The Morgan fingerprint density at radius 2 is 2.04 bits per heavy atom. The van der Waals surface area contributed by atoms with Crippen molar-refractivity contribution in [3.63, 3.8) is 0 Å². The first-order chi connectivity index (χ1) is 12.7. The van der Waals surface area contributed by atoms with Gasteiger partial charge in [0, 0.05) is 10.9 Å². The van der Waals surface area contributed by atoms with E-state index in [9.17, 15) is 9.59 Å². The van der Waals surface area contributed by atoms with Crippen LogP contribution in [0.5, 0.6) is 5.75 Å². The van der Waals surface area contributed by atoms with Gasteiger partial charge >= 0.3 is 5.97 Å². The molecule has 0 fully saturated rings. The molecule has 0 bridgehead atoms. The fourth-order valence-electron chi connectivity index (χ4n) is 1.90. The maximum atomic E-state index is 11.7. The highest BCUT2D eigenvalue weighted by Gasteiger charge is 2.12. The number of ether oxygens (including phenoxy) is 2. The molecule has 0 atom stereocenters. The number of thiophene rings is 1. The first-order valence-electron chi connectivity index (χ1n) is 7.66. The fourth-order valence-corrected chi connectivity index (χ4v) is 2.54. The lowest BCUT2D eigenvalue weighted by Gasteiger charge is -2.07. The molecule has 0 aliphatic rings. The number of nitrogens with zero attached hydrogens (tertiary/aromatic N) is 2. The standard InChI is InChI=1S/C17H15N3O5S/c21-14(9-23-13-4-2-1-3-5-13)18-8-16(22)24-10-15-19-17(20-25-15)12-6-7-26-11-12/h1-7,11H,8-10H2,(H,18,21). The van der Waals surface area contributed by atoms with Crippen LogP contribution in [0.3, 0.4) is 0 Å². The first kappa shape index (κ1) is 17.6. The number of nitrogens with one attached hydrogen (secondary N) is 1. The highest BCUT2D eigenvalue weighted by atomic mass is 32.1. The zero-order valence-corrected chi connectivity index (χ0v) is 14.4. The van der Waals surface area contributed by atoms with E-state index in [0.29, 0.717) is 11.6 Å². The summed E-state index contributed by atoms with van der Waals surface area (Å²) < 4.78 is 15.3. The molecule has 1 amide bonds. The number of para-hydroxylation sites is 1. The van der Waals surface area contributed by atoms with E-state index in [-0.39, 0.29) is 25.6 Å². The molecule has 3 rings (SSSR count). The second-order valence-corrected chi connectivity index (χ2v) is 5.84. The van der Waals surface area contributed by atoms with Crippen LogP contribution in [-0.4, -0.2) is 35.2 Å². The fraction of sp³-hybridized carbons (Fsp3) is 0.176. The Kier molecular flexibility index (Phi) is 5.94. The summed E-state index contributed by atoms with van der Waals surface area (Å²) in [5, 5.41) is 10.0. The summed E-state index contributed by atoms with van der Waals surface area (Å²) in [4.78, 5) is 27.4. The number of carbonyl (C=O) groups excluding carboxylic acids is 2. The van der Waals surface area contributed by atoms with Crippen LogP contribution in [0.1, 0.15) is 5.89 Å². The molecular weight excluding hydrogens is 358 g/mol. The summed E-state index contributed by atoms with van der Waals surface area (Å²) >= 11 is 1.52. The number of rotatable bonds is 8. The Balaban J connectivity index is 1.36. The molecule has 1 N–H and O–H groups in total. The monoisotopic (exact) mass is 373 g/mol. The minimum absolute atomic E-state index is 0.160. The van der Waals surface area contributed by atoms with Crippen molar-refractivity contribution in [1.29, 1.82) is 0 Å². The number of benzene rings is 1. The minimum atomic E-state index is -0.617. The van der Waals surface area contributed by atoms with Gasteiger partial charge < -0.3 is 19.3 Å². The van der Waals surface area contributed by atoms with Crippen LogP contribution in [0, 0.1) is 0 Å². The number of carbonyl (C=O) groups is 2. The van der Waals surface area contributed by atoms with Crippen molar-refractivity contribution in [1.82, 2.24) is 15.5 Å². The van der Waals surface area contributed by atoms with E-state index in [1.807, 2.05) is 22.9 Å². The molecule has 2 aromatic heterocycles. The molecule has 2 heterocycles. The molecule has 134 valence electrons. The van der Waals surface area contributed by atoms with E-state index in [0.717, 1.165) is 5.56 Å². The predicted octanol–water partition coefficient (Wildman–Crippen LogP) is 2.04. The number of hydrogen-bond acceptors (Lipinski definition) is 8. The largest absolute Gasteiger partial charge is 0.484 e. The van der Waals surface area contributed by atoms with E-state index >= 15 is 0 Å². The van der Waals surface area contributed by atoms with Crippen LogP contribution in [0.25, 0.3) is 11.4 Å². The van der Waals surface area contributed by atoms with Gasteiger partial charge in [-0.05, 0) is 23.6 Å². The Hall–Kier alpha value is -3.20. The van der Waals surface area contributed by atoms with Crippen molar-refractivity contribution < 1.29 is 23.6 Å². The van der Waals surface area contributed by atoms with Crippen LogP contribution >= 0.6 is 11.3 Å². The molecule has 0 saturated heterocycles. The van der Waals surface area contributed by atoms with E-state index in [1.165, 1.54) is 11.3 Å². The van der Waals surface area contributed by atoms with Crippen LogP contribution in [-0.2, 0) is 20.9 Å². The number of hydrogen-bond donors (Lipinski definition) is 1. The predicted molar refractivity (Wildman–Crippen MR) is 92.4 cm³/mol. The third-order valence-corrected chi connectivity index (χ3v) is 3.83. The topological polar surface area (TPSA) is 104 Å². The maximum absolute atomic E-state index is 11.7. The zero-order chi connectivity index (χ0) is 18.2. The lowest BCUT2D eigenvalue weighted by molar-refractivity contribution is -0.146. The van der Waals surface area contributed by atoms with Gasteiger partial charge in [-0.3, -0.25) is 9.59 Å². The second-order valence-electron chi connectivity index (χ2n) is 5.06. The van der Waals surface area contributed by atoms with E-state index < -0.39 is 11.9 Å². The summed E-state index contributed by atoms with van der Waals surface area (Å²) in [7, 11) is 0. The maximum Gasteiger partial charge on any atom is 0.325 e. The molecule has 9 heteroatoms. The Labute approximate surface area is 152 Å². The Morgan fingerprint density at radius 3 is 2.81 bits per heavy atom. The molecular formula is C17H15N3O5S. The van der Waals surface area contributed by atoms with E-state index in [1.54, 1.807) is 24.3 Å². The second kappa shape index (κ2) is 8.77. The van der Waals surface area contributed by atoms with Gasteiger partial charge in [-0.2, -0.15) is 16.3 Å². The number of esters is 1. The molecule has 0 aliphatic carbocycles. The SMILES string of the molecule is O=C(COc1ccccc1)NCC(=O)OCc1nc(-c2ccsc2)no1. The average Bonchev–Trinajstić information content (AvgIpc) is 3.35. The average molecular weight is 373 g/mol. The highest BCUT2D eigenvalue weighted by molar-refractivity contribution is 7.08. The molecule has 0 aliphatic heterocycles. The smallest absolute Gasteiger partial charge is 0.325 e. The molecule has 8 nitrogen and oxygen atoms in total. The van der Waals surface area contributed by atoms with Crippen LogP contribution in [0.4, 0.5) is 0 Å². The zero-order valence-electron chi connectivity index (χ0n) is 13.6. The van der Waals surface area contributed by atoms with Gasteiger partial charge in [-0.1, -0.05) is 23.4 Å². The summed E-state index contributed by atoms with van der Waals surface area (Å²) in [5.41, 5.74) is 0.835. The molecule has 0 saturated carbocycles. The normalized spacial score (nSPS) is 10.3. The van der Waals surface area contributed by atoms with Gasteiger partial charge in [0.15, 0.2) is 13.2 Å². The van der Waals surface area contributed by atoms with Gasteiger partial charge in [0.05, 0.1) is 0 Å². The van der Waals surface area contributed by atoms with Crippen molar-refractivity contribution in [3.05, 3.63) is 53.0 Å². The Morgan fingerprint density at radius 1 is 1.19 bits per heavy atom. The third-order valence-electron chi connectivity index (χ3n) is 3.15. The number of aromatic nitrogens is 2. The summed E-state index contributed by atoms with van der Waals surface area (Å²) in [6, 6.07) is 10.8. The van der Waals surface area contributed by atoms with E-state index in [2.05, 4.69) is 15.5 Å². The van der Waals surface area contributed by atoms with Crippen molar-refractivity contribution in [2.75, 3.05) is 13.2 Å². The molecule has 0 radical (unpaired) electrons. The number of amides is 1.